The van der Waals surface area contributed by atoms with E-state index in [1.807, 2.05) is 25.7 Å². The second-order valence-corrected chi connectivity index (χ2v) is 6.06. The molecule has 4 heteroatoms. The van der Waals surface area contributed by atoms with Crippen molar-refractivity contribution in [2.75, 3.05) is 6.54 Å². The highest BCUT2D eigenvalue weighted by molar-refractivity contribution is 5.99. The Hall–Kier alpha value is -1.06. The molecule has 2 aliphatic rings. The zero-order valence-corrected chi connectivity index (χ0v) is 12.4. The van der Waals surface area contributed by atoms with Gasteiger partial charge in [0, 0.05) is 6.54 Å². The fourth-order valence-electron chi connectivity index (χ4n) is 3.43. The highest BCUT2D eigenvalue weighted by Crippen LogP contribution is 2.30. The summed E-state index contributed by atoms with van der Waals surface area (Å²) in [5.74, 6) is 0.710. The lowest BCUT2D eigenvalue weighted by molar-refractivity contribution is -0.155. The van der Waals surface area contributed by atoms with Crippen LogP contribution in [0.15, 0.2) is 0 Å². The minimum atomic E-state index is -0.664. The van der Waals surface area contributed by atoms with Gasteiger partial charge in [-0.15, -0.1) is 0 Å². The number of piperazine rings is 1. The van der Waals surface area contributed by atoms with Crippen molar-refractivity contribution < 1.29 is 9.59 Å². The van der Waals surface area contributed by atoms with Crippen LogP contribution in [-0.4, -0.2) is 34.8 Å². The number of carbonyl (C=O) groups is 2. The summed E-state index contributed by atoms with van der Waals surface area (Å²) in [4.78, 5) is 26.8. The van der Waals surface area contributed by atoms with Gasteiger partial charge in [-0.2, -0.15) is 0 Å². The molecule has 2 rings (SSSR count). The highest BCUT2D eigenvalue weighted by atomic mass is 16.2. The second-order valence-electron chi connectivity index (χ2n) is 6.06. The normalized spacial score (nSPS) is 27.7. The molecule has 0 aromatic carbocycles. The van der Waals surface area contributed by atoms with Crippen molar-refractivity contribution in [2.24, 2.45) is 5.92 Å². The van der Waals surface area contributed by atoms with Gasteiger partial charge in [0.2, 0.25) is 11.8 Å². The minimum Gasteiger partial charge on any atom is -0.340 e. The van der Waals surface area contributed by atoms with E-state index in [1.54, 1.807) is 0 Å². The van der Waals surface area contributed by atoms with Crippen molar-refractivity contribution in [1.29, 1.82) is 0 Å². The van der Waals surface area contributed by atoms with Crippen LogP contribution >= 0.6 is 0 Å². The summed E-state index contributed by atoms with van der Waals surface area (Å²) in [6.07, 6.45) is 6.26. The Labute approximate surface area is 115 Å². The molecular weight excluding hydrogens is 240 g/mol. The molecule has 4 nitrogen and oxygen atoms in total. The SMILES string of the molecule is CCC1(CC)NC(=O)C(C)N(CC2CCCC2)C1=O. The maximum absolute atomic E-state index is 12.8. The van der Waals surface area contributed by atoms with E-state index in [0.29, 0.717) is 18.8 Å². The van der Waals surface area contributed by atoms with Crippen LogP contribution in [0.4, 0.5) is 0 Å². The van der Waals surface area contributed by atoms with Gasteiger partial charge in [-0.3, -0.25) is 9.59 Å². The van der Waals surface area contributed by atoms with Gasteiger partial charge in [0.25, 0.3) is 0 Å². The number of nitrogens with zero attached hydrogens (tertiary/aromatic N) is 1. The van der Waals surface area contributed by atoms with Crippen LogP contribution in [0, 0.1) is 5.92 Å². The smallest absolute Gasteiger partial charge is 0.248 e. The Morgan fingerprint density at radius 3 is 2.32 bits per heavy atom. The Balaban J connectivity index is 2.18. The largest absolute Gasteiger partial charge is 0.340 e. The van der Waals surface area contributed by atoms with E-state index in [4.69, 9.17) is 0 Å². The van der Waals surface area contributed by atoms with E-state index in [2.05, 4.69) is 5.32 Å². The Kier molecular flexibility index (Phi) is 4.16. The molecule has 0 spiro atoms. The molecule has 1 aliphatic heterocycles. The van der Waals surface area contributed by atoms with Gasteiger partial charge >= 0.3 is 0 Å². The summed E-state index contributed by atoms with van der Waals surface area (Å²) in [5.41, 5.74) is -0.664. The zero-order valence-electron chi connectivity index (χ0n) is 12.4. The molecule has 2 fully saturated rings. The van der Waals surface area contributed by atoms with Crippen molar-refractivity contribution in [3.05, 3.63) is 0 Å². The fourth-order valence-corrected chi connectivity index (χ4v) is 3.43. The van der Waals surface area contributed by atoms with Gasteiger partial charge < -0.3 is 10.2 Å². The Bertz CT molecular complexity index is 357. The predicted molar refractivity (Wildman–Crippen MR) is 74.6 cm³/mol. The van der Waals surface area contributed by atoms with Gasteiger partial charge in [-0.1, -0.05) is 26.7 Å². The summed E-state index contributed by atoms with van der Waals surface area (Å²) >= 11 is 0. The van der Waals surface area contributed by atoms with Gasteiger partial charge in [0.05, 0.1) is 0 Å². The molecule has 0 aromatic rings. The van der Waals surface area contributed by atoms with Crippen molar-refractivity contribution in [1.82, 2.24) is 10.2 Å². The lowest BCUT2D eigenvalue weighted by Crippen LogP contribution is -2.69. The fraction of sp³-hybridized carbons (Fsp3) is 0.867. The van der Waals surface area contributed by atoms with E-state index in [-0.39, 0.29) is 17.9 Å². The van der Waals surface area contributed by atoms with Crippen molar-refractivity contribution in [3.8, 4) is 0 Å². The highest BCUT2D eigenvalue weighted by Gasteiger charge is 2.47. The molecule has 1 atom stereocenters. The van der Waals surface area contributed by atoms with Crippen LogP contribution in [0.1, 0.15) is 59.3 Å². The van der Waals surface area contributed by atoms with E-state index < -0.39 is 5.54 Å². The van der Waals surface area contributed by atoms with Gasteiger partial charge in [0.15, 0.2) is 0 Å². The number of rotatable bonds is 4. The summed E-state index contributed by atoms with van der Waals surface area (Å²) < 4.78 is 0. The summed E-state index contributed by atoms with van der Waals surface area (Å²) in [5, 5.41) is 2.95. The van der Waals surface area contributed by atoms with Gasteiger partial charge in [-0.25, -0.2) is 0 Å². The van der Waals surface area contributed by atoms with Crippen LogP contribution in [0.25, 0.3) is 0 Å². The summed E-state index contributed by atoms with van der Waals surface area (Å²) in [6.45, 7) is 6.56. The van der Waals surface area contributed by atoms with Crippen molar-refractivity contribution in [2.45, 2.75) is 70.9 Å². The van der Waals surface area contributed by atoms with Gasteiger partial charge in [-0.05, 0) is 38.5 Å². The van der Waals surface area contributed by atoms with Crippen LogP contribution in [0.5, 0.6) is 0 Å². The average molecular weight is 266 g/mol. The Morgan fingerprint density at radius 1 is 1.21 bits per heavy atom. The molecule has 0 radical (unpaired) electrons. The molecule has 0 bridgehead atoms. The lowest BCUT2D eigenvalue weighted by atomic mass is 9.86. The number of amides is 2. The van der Waals surface area contributed by atoms with E-state index in [9.17, 15) is 9.59 Å². The third-order valence-electron chi connectivity index (χ3n) is 5.02. The number of hydrogen-bond donors (Lipinski definition) is 1. The third kappa shape index (κ3) is 2.49. The standard InChI is InChI=1S/C15H26N2O2/c1-4-15(5-2)14(19)17(11(3)13(18)16-15)10-12-8-6-7-9-12/h11-12H,4-10H2,1-3H3,(H,16,18). The van der Waals surface area contributed by atoms with E-state index in [0.717, 1.165) is 6.54 Å². The molecule has 1 aliphatic carbocycles. The van der Waals surface area contributed by atoms with E-state index >= 15 is 0 Å². The maximum atomic E-state index is 12.8. The average Bonchev–Trinajstić information content (AvgIpc) is 2.92. The quantitative estimate of drug-likeness (QED) is 0.847. The molecule has 1 heterocycles. The van der Waals surface area contributed by atoms with Crippen LogP contribution in [0.3, 0.4) is 0 Å². The summed E-state index contributed by atoms with van der Waals surface area (Å²) in [7, 11) is 0. The van der Waals surface area contributed by atoms with Crippen LogP contribution < -0.4 is 5.32 Å². The third-order valence-corrected chi connectivity index (χ3v) is 5.02. The first kappa shape index (κ1) is 14.4. The molecule has 1 saturated heterocycles. The lowest BCUT2D eigenvalue weighted by Gasteiger charge is -2.45. The topological polar surface area (TPSA) is 49.4 Å². The van der Waals surface area contributed by atoms with Crippen molar-refractivity contribution >= 4 is 11.8 Å². The first-order valence-electron chi connectivity index (χ1n) is 7.67. The monoisotopic (exact) mass is 266 g/mol. The maximum Gasteiger partial charge on any atom is 0.248 e. The molecule has 108 valence electrons. The van der Waals surface area contributed by atoms with Gasteiger partial charge in [0.1, 0.15) is 11.6 Å². The molecule has 1 N–H and O–H groups in total. The summed E-state index contributed by atoms with van der Waals surface area (Å²) in [6, 6.07) is -0.320. The number of hydrogen-bond acceptors (Lipinski definition) is 2. The molecule has 2 amide bonds. The molecule has 1 unspecified atom stereocenters. The Morgan fingerprint density at radius 2 is 1.79 bits per heavy atom. The molecule has 0 aromatic heterocycles. The van der Waals surface area contributed by atoms with Crippen LogP contribution in [0.2, 0.25) is 0 Å². The predicted octanol–water partition coefficient (Wildman–Crippen LogP) is 2.08. The van der Waals surface area contributed by atoms with Crippen LogP contribution in [-0.2, 0) is 9.59 Å². The molecule has 19 heavy (non-hydrogen) atoms. The number of carbonyl (C=O) groups excluding carboxylic acids is 2. The first-order chi connectivity index (χ1) is 9.04. The number of nitrogens with one attached hydrogen (secondary N) is 1. The van der Waals surface area contributed by atoms with Crippen molar-refractivity contribution in [3.63, 3.8) is 0 Å². The molecule has 1 saturated carbocycles. The molecular formula is C15H26N2O2. The zero-order chi connectivity index (χ0) is 14.0. The first-order valence-corrected chi connectivity index (χ1v) is 7.67. The van der Waals surface area contributed by atoms with E-state index in [1.165, 1.54) is 25.7 Å². The minimum absolute atomic E-state index is 0.00120. The second kappa shape index (κ2) is 5.51.